The van der Waals surface area contributed by atoms with E-state index in [-0.39, 0.29) is 0 Å². The molecule has 4 rings (SSSR count). The smallest absolute Gasteiger partial charge is 0.254 e. The molecular formula is C15H14N6O. The van der Waals surface area contributed by atoms with Crippen LogP contribution in [-0.4, -0.2) is 31.7 Å². The molecule has 0 unspecified atom stereocenters. The lowest BCUT2D eigenvalue weighted by Crippen LogP contribution is -2.04. The van der Waals surface area contributed by atoms with Crippen LogP contribution in [0.15, 0.2) is 42.9 Å². The third kappa shape index (κ3) is 2.17. The zero-order valence-electron chi connectivity index (χ0n) is 11.9. The molecule has 0 saturated carbocycles. The second kappa shape index (κ2) is 5.12. The van der Waals surface area contributed by atoms with Crippen molar-refractivity contribution >= 4 is 28.2 Å². The Morgan fingerprint density at radius 3 is 3.14 bits per heavy atom. The number of nitrogens with zero attached hydrogens (tertiary/aromatic N) is 4. The van der Waals surface area contributed by atoms with Gasteiger partial charge in [-0.2, -0.15) is 14.6 Å². The van der Waals surface area contributed by atoms with Crippen LogP contribution < -0.4 is 5.32 Å². The normalized spacial score (nSPS) is 11.3. The Balaban J connectivity index is 1.77. The molecule has 0 aliphatic heterocycles. The van der Waals surface area contributed by atoms with Crippen LogP contribution in [0, 0.1) is 0 Å². The topological polar surface area (TPSA) is 80.1 Å². The van der Waals surface area contributed by atoms with Gasteiger partial charge < -0.3 is 15.0 Å². The molecule has 1 aromatic carbocycles. The van der Waals surface area contributed by atoms with E-state index in [0.29, 0.717) is 12.4 Å². The van der Waals surface area contributed by atoms with Gasteiger partial charge in [0.1, 0.15) is 12.1 Å². The minimum Gasteiger partial charge on any atom is -0.378 e. The highest BCUT2D eigenvalue weighted by molar-refractivity contribution is 5.83. The molecule has 7 nitrogen and oxygen atoms in total. The average molecular weight is 294 g/mol. The highest BCUT2D eigenvalue weighted by Crippen LogP contribution is 2.22. The first-order valence-electron chi connectivity index (χ1n) is 6.86. The van der Waals surface area contributed by atoms with Crippen molar-refractivity contribution in [3.05, 3.63) is 48.5 Å². The molecule has 22 heavy (non-hydrogen) atoms. The van der Waals surface area contributed by atoms with Crippen molar-refractivity contribution in [2.75, 3.05) is 12.4 Å². The number of ether oxygens (including phenoxy) is 1. The van der Waals surface area contributed by atoms with Gasteiger partial charge in [0.25, 0.3) is 5.78 Å². The fourth-order valence-electron chi connectivity index (χ4n) is 2.45. The highest BCUT2D eigenvalue weighted by atomic mass is 16.5. The van der Waals surface area contributed by atoms with Gasteiger partial charge in [0.2, 0.25) is 0 Å². The molecule has 0 amide bonds. The maximum Gasteiger partial charge on any atom is 0.254 e. The number of rotatable bonds is 4. The number of nitrogens with one attached hydrogen (secondary N) is 2. The van der Waals surface area contributed by atoms with Crippen molar-refractivity contribution in [3.8, 4) is 0 Å². The first-order valence-corrected chi connectivity index (χ1v) is 6.86. The van der Waals surface area contributed by atoms with Crippen LogP contribution in [0.1, 0.15) is 5.69 Å². The van der Waals surface area contributed by atoms with Gasteiger partial charge in [-0.3, -0.25) is 0 Å². The predicted molar refractivity (Wildman–Crippen MR) is 83.1 cm³/mol. The molecule has 0 bridgehead atoms. The summed E-state index contributed by atoms with van der Waals surface area (Å²) in [7, 11) is 1.64. The number of hydrogen-bond donors (Lipinski definition) is 2. The Morgan fingerprint density at radius 2 is 2.23 bits per heavy atom. The van der Waals surface area contributed by atoms with E-state index in [1.165, 1.54) is 6.33 Å². The molecule has 0 aliphatic rings. The lowest BCUT2D eigenvalue weighted by atomic mass is 10.2. The number of aromatic nitrogens is 5. The first-order chi connectivity index (χ1) is 10.8. The molecule has 0 saturated heterocycles. The minimum atomic E-state index is 0.425. The van der Waals surface area contributed by atoms with Crippen LogP contribution in [0.2, 0.25) is 0 Å². The SMILES string of the molecule is COCc1cc(Nc2ccc3[nH]ccc3c2)n2ncnc2n1. The van der Waals surface area contributed by atoms with Crippen LogP contribution in [0.3, 0.4) is 0 Å². The van der Waals surface area contributed by atoms with Crippen LogP contribution in [0.5, 0.6) is 0 Å². The largest absolute Gasteiger partial charge is 0.378 e. The molecule has 0 radical (unpaired) electrons. The summed E-state index contributed by atoms with van der Waals surface area (Å²) >= 11 is 0. The van der Waals surface area contributed by atoms with Crippen molar-refractivity contribution in [2.45, 2.75) is 6.61 Å². The third-order valence-corrected chi connectivity index (χ3v) is 3.42. The lowest BCUT2D eigenvalue weighted by Gasteiger charge is -2.10. The molecule has 0 spiro atoms. The van der Waals surface area contributed by atoms with E-state index < -0.39 is 0 Å². The predicted octanol–water partition coefficient (Wildman–Crippen LogP) is 2.50. The quantitative estimate of drug-likeness (QED) is 0.604. The number of methoxy groups -OCH3 is 1. The second-order valence-corrected chi connectivity index (χ2v) is 4.94. The van der Waals surface area contributed by atoms with E-state index in [1.807, 2.05) is 30.5 Å². The van der Waals surface area contributed by atoms with Crippen molar-refractivity contribution in [3.63, 3.8) is 0 Å². The second-order valence-electron chi connectivity index (χ2n) is 4.94. The summed E-state index contributed by atoms with van der Waals surface area (Å²) in [5.74, 6) is 1.34. The number of H-pyrrole nitrogens is 1. The Labute approximate surface area is 126 Å². The maximum atomic E-state index is 5.15. The summed E-state index contributed by atoms with van der Waals surface area (Å²) in [6.07, 6.45) is 3.41. The zero-order chi connectivity index (χ0) is 14.9. The molecule has 4 aromatic rings. The van der Waals surface area contributed by atoms with Gasteiger partial charge in [0.05, 0.1) is 12.3 Å². The molecule has 3 heterocycles. The molecule has 7 heteroatoms. The maximum absolute atomic E-state index is 5.15. The van der Waals surface area contributed by atoms with Gasteiger partial charge in [-0.05, 0) is 24.3 Å². The molecule has 0 fully saturated rings. The van der Waals surface area contributed by atoms with Crippen molar-refractivity contribution in [1.29, 1.82) is 0 Å². The third-order valence-electron chi connectivity index (χ3n) is 3.42. The average Bonchev–Trinajstić information content (AvgIpc) is 3.15. The summed E-state index contributed by atoms with van der Waals surface area (Å²) in [6, 6.07) is 10.1. The van der Waals surface area contributed by atoms with Gasteiger partial charge in [-0.1, -0.05) is 0 Å². The first kappa shape index (κ1) is 12.8. The molecule has 3 aromatic heterocycles. The standard InChI is InChI=1S/C15H14N6O/c1-22-8-12-7-14(21-15(20-12)17-9-18-21)19-11-2-3-13-10(6-11)4-5-16-13/h2-7,9,16,19H,8H2,1H3. The highest BCUT2D eigenvalue weighted by Gasteiger charge is 2.08. The number of anilines is 2. The monoisotopic (exact) mass is 294 g/mol. The van der Waals surface area contributed by atoms with Gasteiger partial charge >= 0.3 is 0 Å². The zero-order valence-corrected chi connectivity index (χ0v) is 11.9. The van der Waals surface area contributed by atoms with Gasteiger partial charge in [0, 0.05) is 36.0 Å². The van der Waals surface area contributed by atoms with Crippen LogP contribution in [0.25, 0.3) is 16.7 Å². The van der Waals surface area contributed by atoms with Crippen molar-refractivity contribution in [2.24, 2.45) is 0 Å². The summed E-state index contributed by atoms with van der Waals surface area (Å²) < 4.78 is 6.82. The van der Waals surface area contributed by atoms with Gasteiger partial charge in [-0.25, -0.2) is 4.98 Å². The summed E-state index contributed by atoms with van der Waals surface area (Å²) in [5, 5.41) is 8.71. The van der Waals surface area contributed by atoms with Crippen molar-refractivity contribution < 1.29 is 4.74 Å². The van der Waals surface area contributed by atoms with Crippen LogP contribution in [0.4, 0.5) is 11.5 Å². The molecule has 2 N–H and O–H groups in total. The van der Waals surface area contributed by atoms with Crippen molar-refractivity contribution in [1.82, 2.24) is 24.6 Å². The number of hydrogen-bond acceptors (Lipinski definition) is 5. The van der Waals surface area contributed by atoms with Crippen LogP contribution >= 0.6 is 0 Å². The Bertz CT molecular complexity index is 941. The van der Waals surface area contributed by atoms with Crippen LogP contribution in [-0.2, 0) is 11.3 Å². The fourth-order valence-corrected chi connectivity index (χ4v) is 2.45. The number of fused-ring (bicyclic) bond motifs is 2. The van der Waals surface area contributed by atoms with E-state index in [9.17, 15) is 0 Å². The molecular weight excluding hydrogens is 280 g/mol. The molecule has 0 aliphatic carbocycles. The number of benzene rings is 1. The van der Waals surface area contributed by atoms with E-state index in [1.54, 1.807) is 11.6 Å². The van der Waals surface area contributed by atoms with Gasteiger partial charge in [-0.15, -0.1) is 0 Å². The molecule has 0 atom stereocenters. The summed E-state index contributed by atoms with van der Waals surface area (Å²) in [6.45, 7) is 0.425. The Hall–Kier alpha value is -2.93. The van der Waals surface area contributed by atoms with E-state index in [0.717, 1.165) is 28.1 Å². The Morgan fingerprint density at radius 1 is 1.27 bits per heavy atom. The van der Waals surface area contributed by atoms with E-state index in [2.05, 4.69) is 31.4 Å². The summed E-state index contributed by atoms with van der Waals surface area (Å²) in [4.78, 5) is 11.7. The minimum absolute atomic E-state index is 0.425. The lowest BCUT2D eigenvalue weighted by molar-refractivity contribution is 0.181. The fraction of sp³-hybridized carbons (Fsp3) is 0.133. The van der Waals surface area contributed by atoms with Gasteiger partial charge in [0.15, 0.2) is 0 Å². The molecule has 110 valence electrons. The summed E-state index contributed by atoms with van der Waals surface area (Å²) in [5.41, 5.74) is 2.87. The Kier molecular flexibility index (Phi) is 2.97. The van der Waals surface area contributed by atoms with E-state index in [4.69, 9.17) is 4.74 Å². The van der Waals surface area contributed by atoms with E-state index >= 15 is 0 Å². The number of aromatic amines is 1.